The molecule has 1 rings (SSSR count). The van der Waals surface area contributed by atoms with Crippen LogP contribution in [0.3, 0.4) is 0 Å². The maximum Gasteiger partial charge on any atom is 0.0371 e. The van der Waals surface area contributed by atoms with E-state index in [-0.39, 0.29) is 6.04 Å². The van der Waals surface area contributed by atoms with Crippen LogP contribution in [-0.2, 0) is 6.42 Å². The maximum atomic E-state index is 6.04. The van der Waals surface area contributed by atoms with E-state index in [1.54, 1.807) is 0 Å². The molecule has 0 spiro atoms. The highest BCUT2D eigenvalue weighted by molar-refractivity contribution is 5.51. The molecule has 102 valence electrons. The van der Waals surface area contributed by atoms with Crippen LogP contribution in [-0.4, -0.2) is 18.6 Å². The Balaban J connectivity index is 2.91. The molecule has 2 heteroatoms. The van der Waals surface area contributed by atoms with Crippen molar-refractivity contribution in [3.63, 3.8) is 0 Å². The molecule has 0 heterocycles. The molecule has 2 nitrogen and oxygen atoms in total. The van der Waals surface area contributed by atoms with Gasteiger partial charge in [-0.2, -0.15) is 0 Å². The van der Waals surface area contributed by atoms with Crippen LogP contribution in [0, 0.1) is 6.92 Å². The lowest BCUT2D eigenvalue weighted by atomic mass is 9.99. The summed E-state index contributed by atoms with van der Waals surface area (Å²) in [4.78, 5) is 2.41. The van der Waals surface area contributed by atoms with E-state index >= 15 is 0 Å². The van der Waals surface area contributed by atoms with Gasteiger partial charge in [-0.25, -0.2) is 0 Å². The molecule has 2 N–H and O–H groups in total. The topological polar surface area (TPSA) is 29.3 Å². The van der Waals surface area contributed by atoms with Crippen LogP contribution >= 0.6 is 0 Å². The van der Waals surface area contributed by atoms with Gasteiger partial charge in [-0.3, -0.25) is 0 Å². The smallest absolute Gasteiger partial charge is 0.0371 e. The van der Waals surface area contributed by atoms with Crippen LogP contribution in [0.1, 0.15) is 45.2 Å². The number of anilines is 1. The molecule has 0 aliphatic heterocycles. The number of nitrogens with zero attached hydrogens (tertiary/aromatic N) is 1. The second kappa shape index (κ2) is 6.79. The summed E-state index contributed by atoms with van der Waals surface area (Å²) in [7, 11) is 0. The van der Waals surface area contributed by atoms with Crippen LogP contribution in [0.15, 0.2) is 18.2 Å². The molecule has 0 aliphatic carbocycles. The molecule has 0 radical (unpaired) electrons. The lowest BCUT2D eigenvalue weighted by Gasteiger charge is -2.28. The Labute approximate surface area is 112 Å². The van der Waals surface area contributed by atoms with E-state index in [0.29, 0.717) is 6.04 Å². The van der Waals surface area contributed by atoms with Crippen molar-refractivity contribution in [3.05, 3.63) is 29.3 Å². The molecule has 0 amide bonds. The molecule has 1 atom stereocenters. The number of nitrogens with two attached hydrogens (primary N) is 1. The Bertz CT molecular complexity index is 371. The Morgan fingerprint density at radius 3 is 2.33 bits per heavy atom. The number of hydrogen-bond donors (Lipinski definition) is 1. The minimum atomic E-state index is 0.280. The third-order valence-electron chi connectivity index (χ3n) is 3.63. The van der Waals surface area contributed by atoms with Gasteiger partial charge in [0.1, 0.15) is 0 Å². The second-order valence-electron chi connectivity index (χ2n) is 5.36. The molecule has 0 fully saturated rings. The SMILES string of the molecule is CCC(N)Cc1ccc(N(CC)C(C)C)cc1C. The molecular formula is C16H28N2. The fourth-order valence-electron chi connectivity index (χ4n) is 2.36. The van der Waals surface area contributed by atoms with Crippen LogP contribution in [0.4, 0.5) is 5.69 Å². The van der Waals surface area contributed by atoms with Crippen molar-refractivity contribution in [2.45, 2.75) is 59.5 Å². The fourth-order valence-corrected chi connectivity index (χ4v) is 2.36. The van der Waals surface area contributed by atoms with E-state index in [9.17, 15) is 0 Å². The van der Waals surface area contributed by atoms with Crippen LogP contribution in [0.25, 0.3) is 0 Å². The number of benzene rings is 1. The monoisotopic (exact) mass is 248 g/mol. The first-order valence-corrected chi connectivity index (χ1v) is 7.11. The average molecular weight is 248 g/mol. The fraction of sp³-hybridized carbons (Fsp3) is 0.625. The van der Waals surface area contributed by atoms with E-state index < -0.39 is 0 Å². The number of hydrogen-bond acceptors (Lipinski definition) is 2. The van der Waals surface area contributed by atoms with Crippen LogP contribution in [0.5, 0.6) is 0 Å². The number of rotatable bonds is 6. The van der Waals surface area contributed by atoms with Crippen molar-refractivity contribution in [1.82, 2.24) is 0 Å². The van der Waals surface area contributed by atoms with Crippen molar-refractivity contribution in [3.8, 4) is 0 Å². The van der Waals surface area contributed by atoms with E-state index in [4.69, 9.17) is 5.73 Å². The van der Waals surface area contributed by atoms with E-state index in [2.05, 4.69) is 57.7 Å². The summed E-state index contributed by atoms with van der Waals surface area (Å²) in [5, 5.41) is 0. The summed E-state index contributed by atoms with van der Waals surface area (Å²) >= 11 is 0. The highest BCUT2D eigenvalue weighted by Crippen LogP contribution is 2.22. The predicted octanol–water partition coefficient (Wildman–Crippen LogP) is 3.51. The van der Waals surface area contributed by atoms with Gasteiger partial charge >= 0.3 is 0 Å². The summed E-state index contributed by atoms with van der Waals surface area (Å²) in [5.41, 5.74) is 10.1. The van der Waals surface area contributed by atoms with Gasteiger partial charge in [0, 0.05) is 24.3 Å². The Kier molecular flexibility index (Phi) is 5.67. The summed E-state index contributed by atoms with van der Waals surface area (Å²) in [6.45, 7) is 12.1. The molecule has 0 saturated carbocycles. The number of aryl methyl sites for hydroxylation is 1. The molecule has 0 saturated heterocycles. The van der Waals surface area contributed by atoms with Gasteiger partial charge < -0.3 is 10.6 Å². The largest absolute Gasteiger partial charge is 0.369 e. The van der Waals surface area contributed by atoms with Gasteiger partial charge in [-0.15, -0.1) is 0 Å². The molecular weight excluding hydrogens is 220 g/mol. The average Bonchev–Trinajstić information content (AvgIpc) is 2.32. The lowest BCUT2D eigenvalue weighted by molar-refractivity contribution is 0.644. The van der Waals surface area contributed by atoms with Gasteiger partial charge in [0.2, 0.25) is 0 Å². The third kappa shape index (κ3) is 3.74. The molecule has 0 aliphatic rings. The standard InChI is InChI=1S/C16H28N2/c1-6-15(17)11-14-8-9-16(10-13(14)5)18(7-2)12(3)4/h8-10,12,15H,6-7,11,17H2,1-5H3. The van der Waals surface area contributed by atoms with Crippen molar-refractivity contribution >= 4 is 5.69 Å². The molecule has 18 heavy (non-hydrogen) atoms. The second-order valence-corrected chi connectivity index (χ2v) is 5.36. The minimum absolute atomic E-state index is 0.280. The first kappa shape index (κ1) is 15.0. The molecule has 1 aromatic rings. The quantitative estimate of drug-likeness (QED) is 0.834. The maximum absolute atomic E-state index is 6.04. The van der Waals surface area contributed by atoms with E-state index in [1.807, 2.05) is 0 Å². The molecule has 1 unspecified atom stereocenters. The minimum Gasteiger partial charge on any atom is -0.369 e. The Morgan fingerprint density at radius 1 is 1.22 bits per heavy atom. The molecule has 0 bridgehead atoms. The third-order valence-corrected chi connectivity index (χ3v) is 3.63. The normalized spacial score (nSPS) is 12.8. The zero-order valence-corrected chi connectivity index (χ0v) is 12.5. The highest BCUT2D eigenvalue weighted by Gasteiger charge is 2.10. The van der Waals surface area contributed by atoms with Crippen LogP contribution in [0.2, 0.25) is 0 Å². The van der Waals surface area contributed by atoms with Gasteiger partial charge in [0.15, 0.2) is 0 Å². The summed E-state index contributed by atoms with van der Waals surface area (Å²) in [6, 6.07) is 7.58. The lowest BCUT2D eigenvalue weighted by Crippen LogP contribution is -2.30. The van der Waals surface area contributed by atoms with Crippen molar-refractivity contribution in [1.29, 1.82) is 0 Å². The Hall–Kier alpha value is -1.02. The first-order chi connectivity index (χ1) is 8.49. The van der Waals surface area contributed by atoms with Crippen molar-refractivity contribution < 1.29 is 0 Å². The summed E-state index contributed by atoms with van der Waals surface area (Å²) < 4.78 is 0. The van der Waals surface area contributed by atoms with Gasteiger partial charge in [-0.05, 0) is 63.8 Å². The predicted molar refractivity (Wildman–Crippen MR) is 81.3 cm³/mol. The van der Waals surface area contributed by atoms with E-state index in [1.165, 1.54) is 16.8 Å². The van der Waals surface area contributed by atoms with Gasteiger partial charge in [-0.1, -0.05) is 13.0 Å². The first-order valence-electron chi connectivity index (χ1n) is 7.11. The van der Waals surface area contributed by atoms with Gasteiger partial charge in [0.25, 0.3) is 0 Å². The molecule has 1 aromatic carbocycles. The zero-order valence-electron chi connectivity index (χ0n) is 12.5. The summed E-state index contributed by atoms with van der Waals surface area (Å²) in [6.07, 6.45) is 2.02. The van der Waals surface area contributed by atoms with Crippen LogP contribution < -0.4 is 10.6 Å². The molecule has 0 aromatic heterocycles. The summed E-state index contributed by atoms with van der Waals surface area (Å²) in [5.74, 6) is 0. The zero-order chi connectivity index (χ0) is 13.7. The van der Waals surface area contributed by atoms with Gasteiger partial charge in [0.05, 0.1) is 0 Å². The Morgan fingerprint density at radius 2 is 1.89 bits per heavy atom. The van der Waals surface area contributed by atoms with Crippen molar-refractivity contribution in [2.75, 3.05) is 11.4 Å². The van der Waals surface area contributed by atoms with E-state index in [0.717, 1.165) is 19.4 Å². The van der Waals surface area contributed by atoms with Crippen molar-refractivity contribution in [2.24, 2.45) is 5.73 Å². The highest BCUT2D eigenvalue weighted by atomic mass is 15.1.